The van der Waals surface area contributed by atoms with E-state index in [-0.39, 0.29) is 0 Å². The van der Waals surface area contributed by atoms with E-state index >= 15 is 0 Å². The molecule has 15 heavy (non-hydrogen) atoms. The third-order valence-corrected chi connectivity index (χ3v) is 2.96. The molecule has 0 radical (unpaired) electrons. The van der Waals surface area contributed by atoms with Gasteiger partial charge in [-0.05, 0) is 13.8 Å². The Morgan fingerprint density at radius 2 is 2.13 bits per heavy atom. The smallest absolute Gasteiger partial charge is 0.329 e. The average molecular weight is 215 g/mol. The van der Waals surface area contributed by atoms with Gasteiger partial charge in [-0.2, -0.15) is 0 Å². The van der Waals surface area contributed by atoms with Crippen LogP contribution in [0.25, 0.3) is 0 Å². The predicted molar refractivity (Wildman–Crippen MR) is 53.5 cm³/mol. The lowest BCUT2D eigenvalue weighted by molar-refractivity contribution is -0.172. The van der Waals surface area contributed by atoms with Crippen LogP contribution in [0.1, 0.15) is 26.7 Å². The number of likely N-dealkylation sites (N-methyl/N-ethyl adjacent to an activating group) is 1. The molecular weight excluding hydrogens is 198 g/mol. The van der Waals surface area contributed by atoms with Crippen LogP contribution in [0.3, 0.4) is 0 Å². The minimum atomic E-state index is -1.12. The molecule has 1 rings (SSSR count). The van der Waals surface area contributed by atoms with Crippen LogP contribution in [0, 0.1) is 0 Å². The molecule has 0 saturated carbocycles. The van der Waals surface area contributed by atoms with E-state index in [0.29, 0.717) is 25.9 Å². The Bertz CT molecular complexity index is 277. The molecule has 0 aliphatic carbocycles. The second-order valence-corrected chi connectivity index (χ2v) is 4.59. The Balaban J connectivity index is 3.01. The summed E-state index contributed by atoms with van der Waals surface area (Å²) >= 11 is 0. The molecule has 86 valence electrons. The van der Waals surface area contributed by atoms with Gasteiger partial charge in [0.15, 0.2) is 0 Å². The first kappa shape index (κ1) is 12.0. The SMILES string of the molecule is CN(C=O)C1(C(=O)O)CCOC(C)(C)C1. The van der Waals surface area contributed by atoms with Gasteiger partial charge in [0, 0.05) is 19.9 Å². The van der Waals surface area contributed by atoms with Crippen LogP contribution in [-0.2, 0) is 14.3 Å². The van der Waals surface area contributed by atoms with E-state index in [0.717, 1.165) is 0 Å². The van der Waals surface area contributed by atoms with Gasteiger partial charge in [0.1, 0.15) is 5.54 Å². The van der Waals surface area contributed by atoms with Crippen molar-refractivity contribution in [2.45, 2.75) is 37.8 Å². The predicted octanol–water partition coefficient (Wildman–Crippen LogP) is 0.487. The number of ether oxygens (including phenoxy) is 1. The summed E-state index contributed by atoms with van der Waals surface area (Å²) in [5.74, 6) is -0.964. The van der Waals surface area contributed by atoms with Crippen molar-refractivity contribution in [3.63, 3.8) is 0 Å². The molecule has 1 amide bonds. The number of carboxylic acid groups (broad SMARTS) is 1. The maximum absolute atomic E-state index is 11.3. The number of amides is 1. The number of carbonyl (C=O) groups excluding carboxylic acids is 1. The summed E-state index contributed by atoms with van der Waals surface area (Å²) in [6.07, 6.45) is 1.21. The number of rotatable bonds is 3. The summed E-state index contributed by atoms with van der Waals surface area (Å²) in [6, 6.07) is 0. The molecule has 0 spiro atoms. The molecule has 1 aliphatic rings. The van der Waals surface area contributed by atoms with Crippen LogP contribution in [0.5, 0.6) is 0 Å². The van der Waals surface area contributed by atoms with Crippen LogP contribution < -0.4 is 0 Å². The first-order valence-corrected chi connectivity index (χ1v) is 4.90. The number of aliphatic carboxylic acids is 1. The van der Waals surface area contributed by atoms with Gasteiger partial charge >= 0.3 is 5.97 Å². The summed E-state index contributed by atoms with van der Waals surface area (Å²) in [6.45, 7) is 4.03. The lowest BCUT2D eigenvalue weighted by Gasteiger charge is -2.45. The number of carbonyl (C=O) groups is 2. The quantitative estimate of drug-likeness (QED) is 0.696. The Morgan fingerprint density at radius 3 is 2.53 bits per heavy atom. The summed E-state index contributed by atoms with van der Waals surface area (Å²) in [7, 11) is 1.50. The molecule has 1 atom stereocenters. The number of hydrogen-bond acceptors (Lipinski definition) is 3. The molecule has 0 bridgehead atoms. The van der Waals surface area contributed by atoms with Crippen molar-refractivity contribution in [2.24, 2.45) is 0 Å². The molecule has 1 fully saturated rings. The van der Waals surface area contributed by atoms with Crippen molar-refractivity contribution < 1.29 is 19.4 Å². The summed E-state index contributed by atoms with van der Waals surface area (Å²) in [5, 5.41) is 9.27. The zero-order valence-electron chi connectivity index (χ0n) is 9.32. The van der Waals surface area contributed by atoms with Gasteiger partial charge in [-0.1, -0.05) is 0 Å². The van der Waals surface area contributed by atoms with E-state index < -0.39 is 17.1 Å². The zero-order chi connectivity index (χ0) is 11.7. The molecule has 1 unspecified atom stereocenters. The fourth-order valence-corrected chi connectivity index (χ4v) is 2.08. The molecule has 5 heteroatoms. The lowest BCUT2D eigenvalue weighted by atomic mass is 9.80. The number of carboxylic acids is 1. The number of nitrogens with zero attached hydrogens (tertiary/aromatic N) is 1. The monoisotopic (exact) mass is 215 g/mol. The molecule has 1 aliphatic heterocycles. The van der Waals surface area contributed by atoms with Crippen molar-refractivity contribution >= 4 is 12.4 Å². The topological polar surface area (TPSA) is 66.8 Å². The zero-order valence-corrected chi connectivity index (χ0v) is 9.32. The maximum atomic E-state index is 11.3. The van der Waals surface area contributed by atoms with Crippen LogP contribution in [0.2, 0.25) is 0 Å². The minimum absolute atomic E-state index is 0.310. The minimum Gasteiger partial charge on any atom is -0.479 e. The Kier molecular flexibility index (Phi) is 3.04. The molecule has 0 aromatic rings. The standard InChI is InChI=1S/C10H17NO4/c1-9(2)6-10(8(13)14,4-5-15-9)11(3)7-12/h7H,4-6H2,1-3H3,(H,13,14). The second-order valence-electron chi connectivity index (χ2n) is 4.59. The highest BCUT2D eigenvalue weighted by Crippen LogP contribution is 2.35. The van der Waals surface area contributed by atoms with Crippen molar-refractivity contribution in [1.29, 1.82) is 0 Å². The van der Waals surface area contributed by atoms with Gasteiger partial charge in [-0.3, -0.25) is 4.79 Å². The Hall–Kier alpha value is -1.10. The van der Waals surface area contributed by atoms with Crippen LogP contribution in [-0.4, -0.2) is 47.2 Å². The van der Waals surface area contributed by atoms with Gasteiger partial charge in [-0.15, -0.1) is 0 Å². The van der Waals surface area contributed by atoms with Gasteiger partial charge in [-0.25, -0.2) is 4.79 Å². The van der Waals surface area contributed by atoms with Gasteiger partial charge in [0.05, 0.1) is 12.2 Å². The van der Waals surface area contributed by atoms with Gasteiger partial charge < -0.3 is 14.7 Å². The summed E-state index contributed by atoms with van der Waals surface area (Å²) in [5.41, 5.74) is -1.63. The highest BCUT2D eigenvalue weighted by molar-refractivity contribution is 5.81. The lowest BCUT2D eigenvalue weighted by Crippen LogP contribution is -2.59. The third kappa shape index (κ3) is 2.12. The van der Waals surface area contributed by atoms with Crippen molar-refractivity contribution in [1.82, 2.24) is 4.90 Å². The molecular formula is C10H17NO4. The van der Waals surface area contributed by atoms with Gasteiger partial charge in [0.25, 0.3) is 0 Å². The van der Waals surface area contributed by atoms with E-state index in [2.05, 4.69) is 0 Å². The second kappa shape index (κ2) is 3.81. The van der Waals surface area contributed by atoms with E-state index in [1.807, 2.05) is 13.8 Å². The molecule has 0 aromatic carbocycles. The van der Waals surface area contributed by atoms with E-state index in [9.17, 15) is 14.7 Å². The highest BCUT2D eigenvalue weighted by atomic mass is 16.5. The van der Waals surface area contributed by atoms with Crippen molar-refractivity contribution in [3.05, 3.63) is 0 Å². The van der Waals surface area contributed by atoms with Crippen molar-refractivity contribution in [2.75, 3.05) is 13.7 Å². The van der Waals surface area contributed by atoms with Crippen LogP contribution in [0.15, 0.2) is 0 Å². The third-order valence-electron chi connectivity index (χ3n) is 2.96. The maximum Gasteiger partial charge on any atom is 0.329 e. The Labute approximate surface area is 89.0 Å². The van der Waals surface area contributed by atoms with E-state index in [1.54, 1.807) is 0 Å². The van der Waals surface area contributed by atoms with Crippen molar-refractivity contribution in [3.8, 4) is 0 Å². The average Bonchev–Trinajstić information content (AvgIpc) is 2.14. The summed E-state index contributed by atoms with van der Waals surface area (Å²) < 4.78 is 5.46. The first-order chi connectivity index (χ1) is 6.84. The molecule has 1 saturated heterocycles. The summed E-state index contributed by atoms with van der Waals surface area (Å²) in [4.78, 5) is 23.3. The van der Waals surface area contributed by atoms with Crippen LogP contribution in [0.4, 0.5) is 0 Å². The van der Waals surface area contributed by atoms with E-state index in [4.69, 9.17) is 4.74 Å². The molecule has 0 aromatic heterocycles. The highest BCUT2D eigenvalue weighted by Gasteiger charge is 2.49. The van der Waals surface area contributed by atoms with Crippen LogP contribution >= 0.6 is 0 Å². The molecule has 1 N–H and O–H groups in total. The molecule has 5 nitrogen and oxygen atoms in total. The number of hydrogen-bond donors (Lipinski definition) is 1. The van der Waals surface area contributed by atoms with Gasteiger partial charge in [0.2, 0.25) is 6.41 Å². The fourth-order valence-electron chi connectivity index (χ4n) is 2.08. The largest absolute Gasteiger partial charge is 0.479 e. The first-order valence-electron chi connectivity index (χ1n) is 4.90. The van der Waals surface area contributed by atoms with E-state index in [1.165, 1.54) is 11.9 Å². The normalized spacial score (nSPS) is 29.5. The fraction of sp³-hybridized carbons (Fsp3) is 0.800. The molecule has 1 heterocycles. The Morgan fingerprint density at radius 1 is 1.53 bits per heavy atom.